The minimum absolute atomic E-state index is 0.309. The fourth-order valence-electron chi connectivity index (χ4n) is 2.82. The van der Waals surface area contributed by atoms with E-state index >= 15 is 0 Å². The van der Waals surface area contributed by atoms with Crippen molar-refractivity contribution >= 4 is 23.2 Å². The van der Waals surface area contributed by atoms with E-state index in [2.05, 4.69) is 5.43 Å². The molecule has 2 nitrogen and oxygen atoms in total. The SMILES string of the molecule is NNC(Cc1ccc(Cl)cc1Cl)C1CCCCC1. The molecule has 1 unspecified atom stereocenters. The summed E-state index contributed by atoms with van der Waals surface area (Å²) in [7, 11) is 0. The van der Waals surface area contributed by atoms with Crippen molar-refractivity contribution in [3.63, 3.8) is 0 Å². The summed E-state index contributed by atoms with van der Waals surface area (Å²) in [6.07, 6.45) is 7.39. The lowest BCUT2D eigenvalue weighted by Gasteiger charge is -2.30. The van der Waals surface area contributed by atoms with E-state index in [1.165, 1.54) is 32.1 Å². The Balaban J connectivity index is 2.04. The first kappa shape index (κ1) is 14.1. The van der Waals surface area contributed by atoms with Crippen molar-refractivity contribution in [1.29, 1.82) is 0 Å². The van der Waals surface area contributed by atoms with E-state index in [9.17, 15) is 0 Å². The molecule has 0 amide bonds. The zero-order valence-corrected chi connectivity index (χ0v) is 12.0. The van der Waals surface area contributed by atoms with Crippen molar-refractivity contribution in [2.75, 3.05) is 0 Å². The Labute approximate surface area is 119 Å². The number of halogens is 2. The molecule has 1 aromatic rings. The second-order valence-electron chi connectivity index (χ2n) is 5.11. The molecule has 0 spiro atoms. The molecule has 1 aromatic carbocycles. The molecule has 0 radical (unpaired) electrons. The Morgan fingerprint density at radius 1 is 1.22 bits per heavy atom. The number of hydrazine groups is 1. The van der Waals surface area contributed by atoms with Gasteiger partial charge in [0.15, 0.2) is 0 Å². The molecule has 0 aromatic heterocycles. The van der Waals surface area contributed by atoms with Gasteiger partial charge in [0, 0.05) is 16.1 Å². The first-order valence-corrected chi connectivity index (χ1v) is 7.36. The molecule has 4 heteroatoms. The summed E-state index contributed by atoms with van der Waals surface area (Å²) in [5.74, 6) is 6.37. The Kier molecular flexibility index (Phi) is 5.31. The average Bonchev–Trinajstić information content (AvgIpc) is 2.39. The molecule has 0 bridgehead atoms. The van der Waals surface area contributed by atoms with Crippen molar-refractivity contribution in [2.45, 2.75) is 44.6 Å². The Morgan fingerprint density at radius 2 is 1.94 bits per heavy atom. The average molecular weight is 287 g/mol. The summed E-state index contributed by atoms with van der Waals surface area (Å²) in [6, 6.07) is 5.99. The van der Waals surface area contributed by atoms with Crippen molar-refractivity contribution in [2.24, 2.45) is 11.8 Å². The van der Waals surface area contributed by atoms with E-state index in [1.807, 2.05) is 12.1 Å². The van der Waals surface area contributed by atoms with Crippen LogP contribution in [0, 0.1) is 5.92 Å². The van der Waals surface area contributed by atoms with Gasteiger partial charge in [-0.05, 0) is 42.9 Å². The van der Waals surface area contributed by atoms with Crippen LogP contribution in [0.1, 0.15) is 37.7 Å². The predicted octanol–water partition coefficient (Wildman–Crippen LogP) is 3.95. The van der Waals surface area contributed by atoms with Crippen molar-refractivity contribution in [3.05, 3.63) is 33.8 Å². The molecule has 1 fully saturated rings. The number of nitrogens with two attached hydrogens (primary N) is 1. The number of benzene rings is 1. The highest BCUT2D eigenvalue weighted by molar-refractivity contribution is 6.35. The van der Waals surface area contributed by atoms with E-state index in [0.717, 1.165) is 17.0 Å². The van der Waals surface area contributed by atoms with Crippen molar-refractivity contribution < 1.29 is 0 Å². The molecule has 2 rings (SSSR count). The van der Waals surface area contributed by atoms with E-state index in [4.69, 9.17) is 29.0 Å². The third-order valence-corrected chi connectivity index (χ3v) is 4.47. The molecular weight excluding hydrogens is 267 g/mol. The molecule has 1 aliphatic carbocycles. The summed E-state index contributed by atoms with van der Waals surface area (Å²) >= 11 is 12.1. The van der Waals surface area contributed by atoms with Crippen LogP contribution in [0.25, 0.3) is 0 Å². The summed E-state index contributed by atoms with van der Waals surface area (Å²) < 4.78 is 0. The maximum Gasteiger partial charge on any atom is 0.0453 e. The van der Waals surface area contributed by atoms with Crippen molar-refractivity contribution in [1.82, 2.24) is 5.43 Å². The summed E-state index contributed by atoms with van der Waals surface area (Å²) in [5.41, 5.74) is 4.09. The van der Waals surface area contributed by atoms with Crippen LogP contribution in [-0.2, 0) is 6.42 Å². The van der Waals surface area contributed by atoms with Crippen LogP contribution in [0.5, 0.6) is 0 Å². The Morgan fingerprint density at radius 3 is 2.56 bits per heavy atom. The molecule has 18 heavy (non-hydrogen) atoms. The van der Waals surface area contributed by atoms with Crippen LogP contribution < -0.4 is 11.3 Å². The van der Waals surface area contributed by atoms with Gasteiger partial charge in [0.1, 0.15) is 0 Å². The first-order chi connectivity index (χ1) is 8.70. The van der Waals surface area contributed by atoms with Gasteiger partial charge in [-0.3, -0.25) is 11.3 Å². The molecule has 1 aliphatic rings. The van der Waals surface area contributed by atoms with Crippen LogP contribution in [-0.4, -0.2) is 6.04 Å². The van der Waals surface area contributed by atoms with Gasteiger partial charge in [0.25, 0.3) is 0 Å². The lowest BCUT2D eigenvalue weighted by atomic mass is 9.82. The number of rotatable bonds is 4. The molecule has 1 saturated carbocycles. The largest absolute Gasteiger partial charge is 0.271 e. The third kappa shape index (κ3) is 3.61. The standard InChI is InChI=1S/C14H20Cl2N2/c15-12-7-6-11(13(16)9-12)8-14(18-17)10-4-2-1-3-5-10/h6-7,9-10,14,18H,1-5,8,17H2. The Hall–Kier alpha value is -0.280. The van der Waals surface area contributed by atoms with Crippen LogP contribution in [0.4, 0.5) is 0 Å². The van der Waals surface area contributed by atoms with Crippen LogP contribution in [0.15, 0.2) is 18.2 Å². The van der Waals surface area contributed by atoms with E-state index < -0.39 is 0 Å². The van der Waals surface area contributed by atoms with Gasteiger partial charge in [-0.15, -0.1) is 0 Å². The minimum atomic E-state index is 0.309. The summed E-state index contributed by atoms with van der Waals surface area (Å²) in [4.78, 5) is 0. The normalized spacial score (nSPS) is 18.8. The quantitative estimate of drug-likeness (QED) is 0.650. The van der Waals surface area contributed by atoms with Gasteiger partial charge in [-0.2, -0.15) is 0 Å². The molecule has 0 aliphatic heterocycles. The van der Waals surface area contributed by atoms with E-state index in [-0.39, 0.29) is 0 Å². The number of hydrogen-bond acceptors (Lipinski definition) is 2. The lowest BCUT2D eigenvalue weighted by Crippen LogP contribution is -2.43. The monoisotopic (exact) mass is 286 g/mol. The highest BCUT2D eigenvalue weighted by Crippen LogP contribution is 2.29. The molecule has 0 saturated heterocycles. The highest BCUT2D eigenvalue weighted by atomic mass is 35.5. The fourth-order valence-corrected chi connectivity index (χ4v) is 3.31. The summed E-state index contributed by atoms with van der Waals surface area (Å²) in [6.45, 7) is 0. The van der Waals surface area contributed by atoms with Crippen molar-refractivity contribution in [3.8, 4) is 0 Å². The lowest BCUT2D eigenvalue weighted by molar-refractivity contribution is 0.268. The van der Waals surface area contributed by atoms with Gasteiger partial charge >= 0.3 is 0 Å². The number of hydrogen-bond donors (Lipinski definition) is 2. The minimum Gasteiger partial charge on any atom is -0.271 e. The fraction of sp³-hybridized carbons (Fsp3) is 0.571. The van der Waals surface area contributed by atoms with Gasteiger partial charge in [0.05, 0.1) is 0 Å². The highest BCUT2D eigenvalue weighted by Gasteiger charge is 2.23. The maximum absolute atomic E-state index is 6.22. The predicted molar refractivity (Wildman–Crippen MR) is 77.9 cm³/mol. The Bertz CT molecular complexity index is 389. The molecule has 3 N–H and O–H groups in total. The maximum atomic E-state index is 6.22. The van der Waals surface area contributed by atoms with Gasteiger partial charge < -0.3 is 0 Å². The number of nitrogens with one attached hydrogen (secondary N) is 1. The zero-order chi connectivity index (χ0) is 13.0. The third-order valence-electron chi connectivity index (χ3n) is 3.89. The topological polar surface area (TPSA) is 38.0 Å². The van der Waals surface area contributed by atoms with E-state index in [0.29, 0.717) is 17.0 Å². The second-order valence-corrected chi connectivity index (χ2v) is 5.95. The molecule has 1 atom stereocenters. The van der Waals surface area contributed by atoms with Gasteiger partial charge in [-0.25, -0.2) is 0 Å². The van der Waals surface area contributed by atoms with Crippen LogP contribution in [0.2, 0.25) is 10.0 Å². The molecule has 100 valence electrons. The van der Waals surface area contributed by atoms with Gasteiger partial charge in [0.2, 0.25) is 0 Å². The first-order valence-electron chi connectivity index (χ1n) is 6.60. The second kappa shape index (κ2) is 6.76. The molecular formula is C14H20Cl2N2. The smallest absolute Gasteiger partial charge is 0.0453 e. The zero-order valence-electron chi connectivity index (χ0n) is 10.5. The van der Waals surface area contributed by atoms with E-state index in [1.54, 1.807) is 6.07 Å². The van der Waals surface area contributed by atoms with Crippen LogP contribution >= 0.6 is 23.2 Å². The molecule has 0 heterocycles. The van der Waals surface area contributed by atoms with Crippen LogP contribution in [0.3, 0.4) is 0 Å². The summed E-state index contributed by atoms with van der Waals surface area (Å²) in [5, 5.41) is 1.41. The van der Waals surface area contributed by atoms with Gasteiger partial charge in [-0.1, -0.05) is 48.5 Å².